The third-order valence-corrected chi connectivity index (χ3v) is 10.2. The van der Waals surface area contributed by atoms with Crippen LogP contribution in [0.5, 0.6) is 5.88 Å². The summed E-state index contributed by atoms with van der Waals surface area (Å²) >= 11 is 0. The van der Waals surface area contributed by atoms with E-state index >= 15 is 0 Å². The number of nitrogens with one attached hydrogen (secondary N) is 2. The molecule has 3 N–H and O–H groups in total. The van der Waals surface area contributed by atoms with Crippen molar-refractivity contribution in [2.45, 2.75) is 77.3 Å². The van der Waals surface area contributed by atoms with E-state index in [-0.39, 0.29) is 40.4 Å². The van der Waals surface area contributed by atoms with E-state index in [4.69, 9.17) is 9.72 Å². The molecule has 13 heteroatoms. The Labute approximate surface area is 286 Å². The minimum Gasteiger partial charge on any atom is -0.478 e. The standard InChI is InChI=1S/C36H41N7O5S/c1-22(2)29-17-31-38-26(12-15-43(31)41-29)20-37-27(19-36(5)13-14-36)21-48-32-18-30(33-23(3)8-6-9-24(33)4)39-35(40-32)42-49(46,47)28-11-7-10-25(16-28)34(44)45/h6-12,15-18,22,27,37H,13-14,19-21H2,1-5H3,(H,44,45)(H,39,40,42)/t27-/m1/s1. The molecule has 2 aromatic carbocycles. The van der Waals surface area contributed by atoms with Gasteiger partial charge < -0.3 is 15.2 Å². The SMILES string of the molecule is Cc1cccc(C)c1-c1cc(OC[C@@H](CC2(C)CC2)NCc2ccn3nc(C(C)C)cc3n2)nc(NS(=O)(=O)c2cccc(C(=O)O)c2)n1. The highest BCUT2D eigenvalue weighted by Gasteiger charge is 2.39. The molecule has 6 rings (SSSR count). The first-order chi connectivity index (χ1) is 23.3. The van der Waals surface area contributed by atoms with Crippen LogP contribution in [-0.4, -0.2) is 56.7 Å². The maximum Gasteiger partial charge on any atom is 0.335 e. The van der Waals surface area contributed by atoms with Crippen LogP contribution in [-0.2, 0) is 16.6 Å². The third-order valence-electron chi connectivity index (χ3n) is 8.90. The number of rotatable bonds is 14. The highest BCUT2D eigenvalue weighted by atomic mass is 32.2. The summed E-state index contributed by atoms with van der Waals surface area (Å²) in [6, 6.07) is 16.6. The van der Waals surface area contributed by atoms with Gasteiger partial charge in [-0.25, -0.2) is 32.4 Å². The minimum atomic E-state index is -4.23. The number of carbonyl (C=O) groups is 1. The van der Waals surface area contributed by atoms with Crippen LogP contribution in [0, 0.1) is 19.3 Å². The van der Waals surface area contributed by atoms with Crippen LogP contribution >= 0.6 is 0 Å². The Morgan fingerprint density at radius 2 is 1.76 bits per heavy atom. The van der Waals surface area contributed by atoms with E-state index in [2.05, 4.69) is 45.9 Å². The molecule has 256 valence electrons. The van der Waals surface area contributed by atoms with Crippen LogP contribution in [0.1, 0.15) is 78.8 Å². The zero-order chi connectivity index (χ0) is 34.9. The van der Waals surface area contributed by atoms with E-state index in [0.29, 0.717) is 18.2 Å². The van der Waals surface area contributed by atoms with Gasteiger partial charge in [0.05, 0.1) is 27.5 Å². The lowest BCUT2D eigenvalue weighted by atomic mass is 9.99. The average molecular weight is 684 g/mol. The summed E-state index contributed by atoms with van der Waals surface area (Å²) < 4.78 is 37.3. The van der Waals surface area contributed by atoms with E-state index in [0.717, 1.165) is 59.1 Å². The summed E-state index contributed by atoms with van der Waals surface area (Å²) in [6.45, 7) is 11.2. The number of anilines is 1. The number of hydrogen-bond acceptors (Lipinski definition) is 9. The van der Waals surface area contributed by atoms with Crippen molar-refractivity contribution < 1.29 is 23.1 Å². The van der Waals surface area contributed by atoms with Gasteiger partial charge in [0.2, 0.25) is 11.8 Å². The lowest BCUT2D eigenvalue weighted by Crippen LogP contribution is -2.36. The number of aryl methyl sites for hydroxylation is 2. The molecule has 1 atom stereocenters. The lowest BCUT2D eigenvalue weighted by Gasteiger charge is -2.22. The number of sulfonamides is 1. The third kappa shape index (κ3) is 8.06. The van der Waals surface area contributed by atoms with Crippen molar-refractivity contribution in [2.24, 2.45) is 5.41 Å². The van der Waals surface area contributed by atoms with Crippen molar-refractivity contribution in [1.29, 1.82) is 0 Å². The Kier molecular flexibility index (Phi) is 9.41. The Morgan fingerprint density at radius 3 is 2.45 bits per heavy atom. The molecule has 5 aromatic rings. The number of carboxylic acid groups (broad SMARTS) is 1. The summed E-state index contributed by atoms with van der Waals surface area (Å²) in [5.74, 6) is -0.909. The largest absolute Gasteiger partial charge is 0.478 e. The summed E-state index contributed by atoms with van der Waals surface area (Å²) in [6.07, 6.45) is 5.09. The molecule has 0 aliphatic heterocycles. The number of benzene rings is 2. The van der Waals surface area contributed by atoms with Gasteiger partial charge in [0.1, 0.15) is 6.61 Å². The fourth-order valence-electron chi connectivity index (χ4n) is 5.82. The van der Waals surface area contributed by atoms with Gasteiger partial charge in [-0.1, -0.05) is 45.0 Å². The van der Waals surface area contributed by atoms with Crippen LogP contribution < -0.4 is 14.8 Å². The van der Waals surface area contributed by atoms with Crippen molar-refractivity contribution in [2.75, 3.05) is 11.3 Å². The van der Waals surface area contributed by atoms with Crippen molar-refractivity contribution in [3.05, 3.63) is 94.9 Å². The van der Waals surface area contributed by atoms with Crippen molar-refractivity contribution in [3.8, 4) is 17.1 Å². The van der Waals surface area contributed by atoms with Gasteiger partial charge in [-0.15, -0.1) is 0 Å². The van der Waals surface area contributed by atoms with Gasteiger partial charge in [0, 0.05) is 36.5 Å². The molecule has 1 aliphatic rings. The quantitative estimate of drug-likeness (QED) is 0.124. The van der Waals surface area contributed by atoms with Gasteiger partial charge in [0.15, 0.2) is 5.65 Å². The summed E-state index contributed by atoms with van der Waals surface area (Å²) in [7, 11) is -4.23. The van der Waals surface area contributed by atoms with Gasteiger partial charge >= 0.3 is 5.97 Å². The number of carboxylic acids is 1. The van der Waals surface area contributed by atoms with Crippen molar-refractivity contribution >= 4 is 27.6 Å². The molecule has 1 aliphatic carbocycles. The van der Waals surface area contributed by atoms with Crippen LogP contribution in [0.4, 0.5) is 5.95 Å². The molecule has 49 heavy (non-hydrogen) atoms. The number of hydrogen-bond donors (Lipinski definition) is 3. The molecule has 0 unspecified atom stereocenters. The Bertz CT molecular complexity index is 2110. The first-order valence-corrected chi connectivity index (χ1v) is 17.8. The molecule has 0 saturated heterocycles. The first-order valence-electron chi connectivity index (χ1n) is 16.3. The van der Waals surface area contributed by atoms with Gasteiger partial charge in [-0.2, -0.15) is 10.1 Å². The van der Waals surface area contributed by atoms with E-state index < -0.39 is 16.0 Å². The van der Waals surface area contributed by atoms with E-state index in [9.17, 15) is 18.3 Å². The average Bonchev–Trinajstić information content (AvgIpc) is 3.61. The van der Waals surface area contributed by atoms with E-state index in [1.54, 1.807) is 10.6 Å². The van der Waals surface area contributed by atoms with E-state index in [1.165, 1.54) is 18.2 Å². The molecule has 3 aromatic heterocycles. The smallest absolute Gasteiger partial charge is 0.335 e. The first kappa shape index (κ1) is 34.0. The maximum atomic E-state index is 13.4. The molecule has 1 fully saturated rings. The molecule has 0 radical (unpaired) electrons. The molecule has 0 bridgehead atoms. The second kappa shape index (κ2) is 13.6. The number of nitrogens with zero attached hydrogens (tertiary/aromatic N) is 5. The number of aromatic nitrogens is 5. The fraction of sp³-hybridized carbons (Fsp3) is 0.361. The molecule has 12 nitrogen and oxygen atoms in total. The zero-order valence-electron chi connectivity index (χ0n) is 28.3. The Balaban J connectivity index is 1.26. The van der Waals surface area contributed by atoms with E-state index in [1.807, 2.05) is 50.4 Å². The predicted octanol–water partition coefficient (Wildman–Crippen LogP) is 6.15. The summed E-state index contributed by atoms with van der Waals surface area (Å²) in [5.41, 5.74) is 5.99. The normalized spacial score (nSPS) is 14.6. The van der Waals surface area contributed by atoms with Crippen LogP contribution in [0.2, 0.25) is 0 Å². The van der Waals surface area contributed by atoms with Gasteiger partial charge in [-0.05, 0) is 79.8 Å². The molecule has 3 heterocycles. The lowest BCUT2D eigenvalue weighted by molar-refractivity contribution is 0.0696. The number of fused-ring (bicyclic) bond motifs is 1. The Morgan fingerprint density at radius 1 is 1.02 bits per heavy atom. The highest BCUT2D eigenvalue weighted by molar-refractivity contribution is 7.92. The minimum absolute atomic E-state index is 0.0424. The summed E-state index contributed by atoms with van der Waals surface area (Å²) in [4.78, 5) is 25.1. The van der Waals surface area contributed by atoms with Gasteiger partial charge in [-0.3, -0.25) is 0 Å². The van der Waals surface area contributed by atoms with Crippen molar-refractivity contribution in [1.82, 2.24) is 29.9 Å². The van der Waals surface area contributed by atoms with Gasteiger partial charge in [0.25, 0.3) is 10.0 Å². The predicted molar refractivity (Wildman–Crippen MR) is 186 cm³/mol. The highest BCUT2D eigenvalue weighted by Crippen LogP contribution is 2.49. The number of aromatic carboxylic acids is 1. The maximum absolute atomic E-state index is 13.4. The molecular weight excluding hydrogens is 643 g/mol. The Hall–Kier alpha value is -4.88. The van der Waals surface area contributed by atoms with Crippen LogP contribution in [0.15, 0.2) is 71.8 Å². The second-order valence-electron chi connectivity index (χ2n) is 13.5. The number of ether oxygens (including phenoxy) is 1. The van der Waals surface area contributed by atoms with Crippen molar-refractivity contribution in [3.63, 3.8) is 0 Å². The van der Waals surface area contributed by atoms with Crippen LogP contribution in [0.25, 0.3) is 16.9 Å². The molecule has 0 spiro atoms. The van der Waals surface area contributed by atoms with Crippen LogP contribution in [0.3, 0.4) is 0 Å². The zero-order valence-corrected chi connectivity index (χ0v) is 29.1. The summed E-state index contributed by atoms with van der Waals surface area (Å²) in [5, 5.41) is 17.6. The fourth-order valence-corrected chi connectivity index (χ4v) is 6.81. The molecular formula is C36H41N7O5S. The molecule has 0 amide bonds. The monoisotopic (exact) mass is 683 g/mol. The second-order valence-corrected chi connectivity index (χ2v) is 15.2. The topological polar surface area (TPSA) is 161 Å². The molecule has 1 saturated carbocycles.